The van der Waals surface area contributed by atoms with Gasteiger partial charge in [-0.15, -0.1) is 0 Å². The molecular weight excluding hydrogens is 171 g/mol. The molecule has 0 saturated heterocycles. The molecule has 0 aliphatic rings. The zero-order valence-electron chi connectivity index (χ0n) is 4.14. The third-order valence-corrected chi connectivity index (χ3v) is 2.32. The Morgan fingerprint density at radius 3 is 2.43 bits per heavy atom. The van der Waals surface area contributed by atoms with Crippen LogP contribution in [0.25, 0.3) is 0 Å². The van der Waals surface area contributed by atoms with E-state index in [1.54, 1.807) is 0 Å². The average molecular weight is 178 g/mol. The zero-order valence-corrected chi connectivity index (χ0v) is 6.60. The molecule has 0 bridgehead atoms. The molecular formula is C4H7O2Zr. The standard InChI is InChI=1S/C4H7O2.Zr/c1-2-3-4(5)6;/h3H,2H2,1H3,(H,5,6);. The predicted molar refractivity (Wildman–Crippen MR) is 21.7 cm³/mol. The molecule has 0 heterocycles. The van der Waals surface area contributed by atoms with Gasteiger partial charge in [0.15, 0.2) is 0 Å². The average Bonchev–Trinajstić information content (AvgIpc) is 1.65. The van der Waals surface area contributed by atoms with Crippen LogP contribution in [0.4, 0.5) is 0 Å². The zero-order chi connectivity index (χ0) is 5.86. The predicted octanol–water partition coefficient (Wildman–Crippen LogP) is 0.816. The minimum absolute atomic E-state index is 0.0906. The fourth-order valence-corrected chi connectivity index (χ4v) is 0.175. The van der Waals surface area contributed by atoms with Gasteiger partial charge in [-0.05, 0) is 0 Å². The molecule has 1 unspecified atom stereocenters. The Kier molecular flexibility index (Phi) is 3.54. The quantitative estimate of drug-likeness (QED) is 0.679. The fourth-order valence-electron chi connectivity index (χ4n) is 0.175. The van der Waals surface area contributed by atoms with E-state index in [1.165, 1.54) is 0 Å². The number of hydrogen-bond acceptors (Lipinski definition) is 1. The van der Waals surface area contributed by atoms with Crippen molar-refractivity contribution in [1.82, 2.24) is 0 Å². The summed E-state index contributed by atoms with van der Waals surface area (Å²) in [6.45, 7) is 1.88. The Balaban J connectivity index is 3.34. The van der Waals surface area contributed by atoms with Crippen LogP contribution in [0.1, 0.15) is 13.3 Å². The van der Waals surface area contributed by atoms with E-state index in [4.69, 9.17) is 5.11 Å². The molecule has 0 saturated carbocycles. The Morgan fingerprint density at radius 1 is 2.00 bits per heavy atom. The van der Waals surface area contributed by atoms with Crippen molar-refractivity contribution in [3.63, 3.8) is 0 Å². The third-order valence-electron chi connectivity index (χ3n) is 0.706. The van der Waals surface area contributed by atoms with Gasteiger partial charge in [-0.3, -0.25) is 0 Å². The first-order valence-electron chi connectivity index (χ1n) is 2.12. The van der Waals surface area contributed by atoms with Crippen molar-refractivity contribution < 1.29 is 34.6 Å². The van der Waals surface area contributed by atoms with Crippen LogP contribution >= 0.6 is 0 Å². The Bertz CT molecular complexity index is 72.1. The third kappa shape index (κ3) is 2.98. The molecule has 0 aliphatic heterocycles. The second kappa shape index (κ2) is 3.37. The summed E-state index contributed by atoms with van der Waals surface area (Å²) in [5.74, 6) is -0.666. The molecule has 0 fully saturated rings. The SMILES string of the molecule is CC[CH]([Zr])C(=O)O. The summed E-state index contributed by atoms with van der Waals surface area (Å²) >= 11 is 1.10. The Hall–Kier alpha value is 0.353. The van der Waals surface area contributed by atoms with E-state index in [0.717, 1.165) is 31.1 Å². The van der Waals surface area contributed by atoms with Crippen molar-refractivity contribution in [1.29, 1.82) is 0 Å². The van der Waals surface area contributed by atoms with E-state index < -0.39 is 5.97 Å². The van der Waals surface area contributed by atoms with Gasteiger partial charge >= 0.3 is 57.6 Å². The molecule has 7 heavy (non-hydrogen) atoms. The number of rotatable bonds is 2. The summed E-state index contributed by atoms with van der Waals surface area (Å²) in [5.41, 5.74) is 0. The van der Waals surface area contributed by atoms with E-state index in [0.29, 0.717) is 0 Å². The van der Waals surface area contributed by atoms with E-state index in [1.807, 2.05) is 6.92 Å². The Morgan fingerprint density at radius 2 is 2.43 bits per heavy atom. The molecule has 2 nitrogen and oxygen atoms in total. The van der Waals surface area contributed by atoms with Crippen LogP contribution in [0.3, 0.4) is 0 Å². The van der Waals surface area contributed by atoms with E-state index >= 15 is 0 Å². The number of hydrogen-bond donors (Lipinski definition) is 1. The first-order valence-corrected chi connectivity index (χ1v) is 3.54. The molecule has 39 valence electrons. The van der Waals surface area contributed by atoms with Crippen LogP contribution in [-0.2, 0) is 29.5 Å². The Labute approximate surface area is 57.8 Å². The molecule has 0 radical (unpaired) electrons. The second-order valence-corrected chi connectivity index (χ2v) is 3.01. The fraction of sp³-hybridized carbons (Fsp3) is 0.750. The van der Waals surface area contributed by atoms with Crippen molar-refractivity contribution in [3.8, 4) is 0 Å². The second-order valence-electron chi connectivity index (χ2n) is 1.30. The summed E-state index contributed by atoms with van der Waals surface area (Å²) in [7, 11) is 0. The molecule has 3 heteroatoms. The van der Waals surface area contributed by atoms with Gasteiger partial charge in [0.1, 0.15) is 0 Å². The summed E-state index contributed by atoms with van der Waals surface area (Å²) < 4.78 is -0.0906. The molecule has 0 aromatic rings. The van der Waals surface area contributed by atoms with Gasteiger partial charge in [0.25, 0.3) is 0 Å². The van der Waals surface area contributed by atoms with Crippen LogP contribution in [0.2, 0.25) is 3.63 Å². The number of aliphatic carboxylic acids is 1. The van der Waals surface area contributed by atoms with Gasteiger partial charge in [0, 0.05) is 0 Å². The number of carboxylic acid groups (broad SMARTS) is 1. The first-order chi connectivity index (χ1) is 3.18. The van der Waals surface area contributed by atoms with E-state index in [-0.39, 0.29) is 3.63 Å². The van der Waals surface area contributed by atoms with E-state index in [9.17, 15) is 4.79 Å². The van der Waals surface area contributed by atoms with Gasteiger partial charge in [0.05, 0.1) is 0 Å². The topological polar surface area (TPSA) is 37.3 Å². The van der Waals surface area contributed by atoms with Crippen molar-refractivity contribution in [2.75, 3.05) is 0 Å². The van der Waals surface area contributed by atoms with Gasteiger partial charge in [-0.1, -0.05) is 0 Å². The first kappa shape index (κ1) is 7.35. The van der Waals surface area contributed by atoms with Gasteiger partial charge in [-0.2, -0.15) is 0 Å². The summed E-state index contributed by atoms with van der Waals surface area (Å²) in [4.78, 5) is 9.95. The molecule has 0 aromatic heterocycles. The summed E-state index contributed by atoms with van der Waals surface area (Å²) in [6.07, 6.45) is 0.758. The molecule has 1 N–H and O–H groups in total. The van der Waals surface area contributed by atoms with Gasteiger partial charge < -0.3 is 0 Å². The molecule has 0 amide bonds. The van der Waals surface area contributed by atoms with Crippen molar-refractivity contribution >= 4 is 5.97 Å². The molecule has 0 rings (SSSR count). The summed E-state index contributed by atoms with van der Waals surface area (Å²) in [6, 6.07) is 0. The minimum atomic E-state index is -0.666. The monoisotopic (exact) mass is 177 g/mol. The van der Waals surface area contributed by atoms with Crippen LogP contribution in [0.15, 0.2) is 0 Å². The van der Waals surface area contributed by atoms with Gasteiger partial charge in [0.2, 0.25) is 0 Å². The normalized spacial score (nSPS) is 13.1. The molecule has 0 spiro atoms. The molecule has 0 aliphatic carbocycles. The van der Waals surface area contributed by atoms with Crippen LogP contribution in [-0.4, -0.2) is 11.1 Å². The number of carboxylic acids is 1. The van der Waals surface area contributed by atoms with Crippen molar-refractivity contribution in [2.45, 2.75) is 17.0 Å². The number of carbonyl (C=O) groups is 1. The van der Waals surface area contributed by atoms with Crippen LogP contribution in [0, 0.1) is 0 Å². The van der Waals surface area contributed by atoms with Crippen LogP contribution < -0.4 is 0 Å². The molecule has 0 aromatic carbocycles. The van der Waals surface area contributed by atoms with E-state index in [2.05, 4.69) is 0 Å². The maximum atomic E-state index is 9.95. The maximum absolute atomic E-state index is 9.95. The summed E-state index contributed by atoms with van der Waals surface area (Å²) in [5, 5.41) is 8.20. The molecule has 1 atom stereocenters. The van der Waals surface area contributed by atoms with Crippen molar-refractivity contribution in [3.05, 3.63) is 0 Å². The van der Waals surface area contributed by atoms with Crippen LogP contribution in [0.5, 0.6) is 0 Å². The van der Waals surface area contributed by atoms with Crippen molar-refractivity contribution in [2.24, 2.45) is 0 Å². The van der Waals surface area contributed by atoms with Gasteiger partial charge in [-0.25, -0.2) is 0 Å².